The summed E-state index contributed by atoms with van der Waals surface area (Å²) in [7, 11) is 0. The number of hydrogen-bond acceptors (Lipinski definition) is 3. The first kappa shape index (κ1) is 7.08. The van der Waals surface area contributed by atoms with E-state index in [1.165, 1.54) is 17.1 Å². The summed E-state index contributed by atoms with van der Waals surface area (Å²) >= 11 is 5.45. The Morgan fingerprint density at radius 2 is 2.60 bits per heavy atom. The Morgan fingerprint density at radius 3 is 3.00 bits per heavy atom. The summed E-state index contributed by atoms with van der Waals surface area (Å²) < 4.78 is 1.19. The maximum Gasteiger partial charge on any atom is 0.0805 e. The number of carbonyl (C=O) groups is 1. The van der Waals surface area contributed by atoms with E-state index in [4.69, 9.17) is 11.6 Å². The number of hydrogen-bond donors (Lipinski definition) is 0. The minimum Gasteiger partial charge on any atom is -0.548 e. The van der Waals surface area contributed by atoms with E-state index in [0.717, 1.165) is 0 Å². The minimum atomic E-state index is -1.18. The first-order valence-corrected chi connectivity index (χ1v) is 2.94. The van der Waals surface area contributed by atoms with Gasteiger partial charge in [-0.05, 0) is 0 Å². The van der Waals surface area contributed by atoms with Gasteiger partial charge < -0.3 is 9.90 Å². The molecule has 0 bridgehead atoms. The van der Waals surface area contributed by atoms with Crippen LogP contribution < -0.4 is 5.11 Å². The quantitative estimate of drug-likeness (QED) is 0.573. The number of carboxylic acid groups (broad SMARTS) is 1. The number of halogens is 1. The zero-order chi connectivity index (χ0) is 7.56. The Balaban J connectivity index is 2.67. The summed E-state index contributed by atoms with van der Waals surface area (Å²) in [6, 6.07) is 0. The molecule has 0 spiro atoms. The van der Waals surface area contributed by atoms with Crippen LogP contribution in [0.2, 0.25) is 5.02 Å². The van der Waals surface area contributed by atoms with Crippen molar-refractivity contribution in [1.82, 2.24) is 9.78 Å². The van der Waals surface area contributed by atoms with Crippen molar-refractivity contribution in [3.05, 3.63) is 17.4 Å². The second kappa shape index (κ2) is 2.70. The summed E-state index contributed by atoms with van der Waals surface area (Å²) in [6.07, 6.45) is 2.78. The van der Waals surface area contributed by atoms with Crippen LogP contribution in [0, 0.1) is 0 Å². The fraction of sp³-hybridized carbons (Fsp3) is 0.200. The molecule has 1 rings (SSSR count). The van der Waals surface area contributed by atoms with Gasteiger partial charge in [0.05, 0.1) is 23.7 Å². The Labute approximate surface area is 62.0 Å². The molecule has 0 atom stereocenters. The zero-order valence-corrected chi connectivity index (χ0v) is 5.71. The fourth-order valence-electron chi connectivity index (χ4n) is 0.557. The Hall–Kier alpha value is -1.03. The van der Waals surface area contributed by atoms with Gasteiger partial charge in [-0.15, -0.1) is 0 Å². The van der Waals surface area contributed by atoms with Crippen LogP contribution in [0.5, 0.6) is 0 Å². The number of aromatic nitrogens is 2. The fourth-order valence-corrected chi connectivity index (χ4v) is 0.713. The van der Waals surface area contributed by atoms with E-state index in [9.17, 15) is 9.90 Å². The number of carbonyl (C=O) groups excluding carboxylic acids is 1. The molecule has 0 aromatic carbocycles. The van der Waals surface area contributed by atoms with E-state index < -0.39 is 5.97 Å². The van der Waals surface area contributed by atoms with Gasteiger partial charge in [-0.3, -0.25) is 4.68 Å². The molecule has 0 saturated carbocycles. The molecule has 0 N–H and O–H groups in total. The van der Waals surface area contributed by atoms with Crippen molar-refractivity contribution < 1.29 is 9.90 Å². The van der Waals surface area contributed by atoms with Gasteiger partial charge in [-0.1, -0.05) is 11.6 Å². The summed E-state index contributed by atoms with van der Waals surface area (Å²) in [6.45, 7) is -0.257. The Kier molecular flexibility index (Phi) is 1.91. The zero-order valence-electron chi connectivity index (χ0n) is 4.95. The molecule has 0 radical (unpaired) electrons. The lowest BCUT2D eigenvalue weighted by molar-refractivity contribution is -0.306. The summed E-state index contributed by atoms with van der Waals surface area (Å²) in [5.41, 5.74) is 0. The van der Waals surface area contributed by atoms with Crippen LogP contribution in [0.15, 0.2) is 12.4 Å². The lowest BCUT2D eigenvalue weighted by atomic mass is 10.6. The summed E-state index contributed by atoms with van der Waals surface area (Å²) in [5.74, 6) is -1.18. The molecule has 0 aliphatic carbocycles. The normalized spacial score (nSPS) is 9.70. The van der Waals surface area contributed by atoms with Crippen molar-refractivity contribution in [2.45, 2.75) is 6.54 Å². The van der Waals surface area contributed by atoms with Gasteiger partial charge in [-0.2, -0.15) is 5.10 Å². The van der Waals surface area contributed by atoms with Gasteiger partial charge in [-0.25, -0.2) is 0 Å². The van der Waals surface area contributed by atoms with Gasteiger partial charge in [0.15, 0.2) is 0 Å². The molecule has 4 nitrogen and oxygen atoms in total. The first-order valence-electron chi connectivity index (χ1n) is 2.56. The van der Waals surface area contributed by atoms with Crippen LogP contribution in [0.4, 0.5) is 0 Å². The topological polar surface area (TPSA) is 57.9 Å². The largest absolute Gasteiger partial charge is 0.548 e. The maximum atomic E-state index is 9.96. The van der Waals surface area contributed by atoms with E-state index in [0.29, 0.717) is 5.02 Å². The summed E-state index contributed by atoms with van der Waals surface area (Å²) in [5, 5.41) is 14.0. The van der Waals surface area contributed by atoms with Gasteiger partial charge in [0.25, 0.3) is 0 Å². The summed E-state index contributed by atoms with van der Waals surface area (Å²) in [4.78, 5) is 9.96. The predicted molar refractivity (Wildman–Crippen MR) is 32.2 cm³/mol. The van der Waals surface area contributed by atoms with Crippen molar-refractivity contribution in [2.75, 3.05) is 0 Å². The van der Waals surface area contributed by atoms with Gasteiger partial charge in [0, 0.05) is 6.20 Å². The monoisotopic (exact) mass is 159 g/mol. The molecule has 5 heteroatoms. The molecule has 1 aromatic heterocycles. The van der Waals surface area contributed by atoms with E-state index in [2.05, 4.69) is 5.10 Å². The highest BCUT2D eigenvalue weighted by Crippen LogP contribution is 2.03. The minimum absolute atomic E-state index is 0.257. The smallest absolute Gasteiger partial charge is 0.0805 e. The van der Waals surface area contributed by atoms with Crippen molar-refractivity contribution in [2.24, 2.45) is 0 Å². The van der Waals surface area contributed by atoms with E-state index in [-0.39, 0.29) is 6.54 Å². The number of rotatable bonds is 2. The molecular weight excluding hydrogens is 156 g/mol. The molecule has 0 unspecified atom stereocenters. The van der Waals surface area contributed by atoms with E-state index >= 15 is 0 Å². The highest BCUT2D eigenvalue weighted by Gasteiger charge is 1.93. The van der Waals surface area contributed by atoms with Crippen molar-refractivity contribution in [3.8, 4) is 0 Å². The SMILES string of the molecule is O=C([O-])Cn1cc(Cl)cn1. The van der Waals surface area contributed by atoms with Crippen molar-refractivity contribution in [3.63, 3.8) is 0 Å². The van der Waals surface area contributed by atoms with Gasteiger partial charge >= 0.3 is 0 Å². The number of nitrogens with zero attached hydrogens (tertiary/aromatic N) is 2. The van der Waals surface area contributed by atoms with Crippen LogP contribution in [-0.2, 0) is 11.3 Å². The molecule has 0 fully saturated rings. The lowest BCUT2D eigenvalue weighted by Gasteiger charge is -1.99. The number of carboxylic acids is 1. The van der Waals surface area contributed by atoms with E-state index in [1.54, 1.807) is 0 Å². The van der Waals surface area contributed by atoms with Crippen molar-refractivity contribution >= 4 is 17.6 Å². The molecule has 1 aromatic rings. The van der Waals surface area contributed by atoms with E-state index in [1.807, 2.05) is 0 Å². The second-order valence-electron chi connectivity index (χ2n) is 1.73. The predicted octanol–water partition coefficient (Wildman–Crippen LogP) is -0.714. The molecular formula is C5H4ClN2O2-. The Bertz CT molecular complexity index is 246. The lowest BCUT2D eigenvalue weighted by Crippen LogP contribution is -2.27. The van der Waals surface area contributed by atoms with Crippen molar-refractivity contribution in [1.29, 1.82) is 0 Å². The molecule has 0 saturated heterocycles. The molecule has 0 aliphatic heterocycles. The molecule has 0 amide bonds. The number of aliphatic carboxylic acids is 1. The standard InChI is InChI=1S/C5H5ClN2O2/c6-4-1-7-8(2-4)3-5(9)10/h1-2H,3H2,(H,9,10)/p-1. The molecule has 10 heavy (non-hydrogen) atoms. The average Bonchev–Trinajstić information content (AvgIpc) is 2.13. The van der Waals surface area contributed by atoms with Crippen LogP contribution in [-0.4, -0.2) is 15.7 Å². The Morgan fingerprint density at radius 1 is 1.90 bits per heavy atom. The molecule has 54 valence electrons. The van der Waals surface area contributed by atoms with Crippen LogP contribution in [0.3, 0.4) is 0 Å². The highest BCUT2D eigenvalue weighted by atomic mass is 35.5. The third-order valence-corrected chi connectivity index (χ3v) is 1.09. The van der Waals surface area contributed by atoms with Gasteiger partial charge in [0.1, 0.15) is 0 Å². The van der Waals surface area contributed by atoms with Crippen LogP contribution in [0.25, 0.3) is 0 Å². The molecule has 0 aliphatic rings. The second-order valence-corrected chi connectivity index (χ2v) is 2.16. The average molecular weight is 160 g/mol. The molecule has 1 heterocycles. The third-order valence-electron chi connectivity index (χ3n) is 0.893. The third kappa shape index (κ3) is 1.73. The highest BCUT2D eigenvalue weighted by molar-refractivity contribution is 6.30. The maximum absolute atomic E-state index is 9.96. The van der Waals surface area contributed by atoms with Gasteiger partial charge in [0.2, 0.25) is 0 Å². The van der Waals surface area contributed by atoms with Crippen LogP contribution >= 0.6 is 11.6 Å². The van der Waals surface area contributed by atoms with Crippen LogP contribution in [0.1, 0.15) is 0 Å². The first-order chi connectivity index (χ1) is 4.68.